The van der Waals surface area contributed by atoms with Gasteiger partial charge in [-0.25, -0.2) is 10.4 Å². The predicted molar refractivity (Wildman–Crippen MR) is 121 cm³/mol. The number of carbonyl (C=O) groups is 1. The summed E-state index contributed by atoms with van der Waals surface area (Å²) >= 11 is 3.46. The zero-order valence-corrected chi connectivity index (χ0v) is 17.3. The highest BCUT2D eigenvalue weighted by Crippen LogP contribution is 2.24. The standard InChI is InChI=1S/C24H18BrN3O/c1-16(18-10-7-11-19(25)14-18)27-28-24(29)21-15-23(17-8-3-2-4-9-17)26-22-13-6-5-12-20(21)22/h2-15H,1H3,(H,28,29)/b27-16+. The molecule has 0 aliphatic carbocycles. The lowest BCUT2D eigenvalue weighted by atomic mass is 10.0. The molecule has 0 saturated carbocycles. The summed E-state index contributed by atoms with van der Waals surface area (Å²) in [4.78, 5) is 17.7. The van der Waals surface area contributed by atoms with E-state index in [1.807, 2.05) is 91.9 Å². The number of amides is 1. The number of carbonyl (C=O) groups excluding carboxylic acids is 1. The number of para-hydroxylation sites is 1. The van der Waals surface area contributed by atoms with Gasteiger partial charge in [-0.3, -0.25) is 4.79 Å². The van der Waals surface area contributed by atoms with Crippen LogP contribution in [0.3, 0.4) is 0 Å². The van der Waals surface area contributed by atoms with Gasteiger partial charge in [0.1, 0.15) is 0 Å². The van der Waals surface area contributed by atoms with Gasteiger partial charge >= 0.3 is 0 Å². The molecule has 4 nitrogen and oxygen atoms in total. The molecule has 0 bridgehead atoms. The minimum Gasteiger partial charge on any atom is -0.267 e. The number of rotatable bonds is 4. The number of halogens is 1. The number of hydrogen-bond donors (Lipinski definition) is 1. The van der Waals surface area contributed by atoms with Crippen LogP contribution in [0.25, 0.3) is 22.2 Å². The Bertz CT molecular complexity index is 1220. The molecule has 0 aliphatic rings. The van der Waals surface area contributed by atoms with Gasteiger partial charge in [-0.1, -0.05) is 76.6 Å². The van der Waals surface area contributed by atoms with Crippen molar-refractivity contribution in [2.75, 3.05) is 0 Å². The van der Waals surface area contributed by atoms with Gasteiger partial charge in [0.15, 0.2) is 0 Å². The molecule has 142 valence electrons. The van der Waals surface area contributed by atoms with Gasteiger partial charge in [0.2, 0.25) is 0 Å². The average Bonchev–Trinajstić information content (AvgIpc) is 2.77. The second kappa shape index (κ2) is 8.37. The Labute approximate surface area is 177 Å². The molecule has 5 heteroatoms. The molecule has 0 atom stereocenters. The smallest absolute Gasteiger partial charge is 0.267 e. The Morgan fingerprint density at radius 1 is 0.931 bits per heavy atom. The van der Waals surface area contributed by atoms with E-state index in [2.05, 4.69) is 26.5 Å². The van der Waals surface area contributed by atoms with Crippen molar-refractivity contribution >= 4 is 38.5 Å². The maximum Gasteiger partial charge on any atom is 0.272 e. The zero-order chi connectivity index (χ0) is 20.2. The van der Waals surface area contributed by atoms with E-state index >= 15 is 0 Å². The first-order valence-electron chi connectivity index (χ1n) is 9.17. The summed E-state index contributed by atoms with van der Waals surface area (Å²) in [5.41, 5.74) is 7.37. The number of aromatic nitrogens is 1. The second-order valence-electron chi connectivity index (χ2n) is 6.59. The van der Waals surface area contributed by atoms with Crippen molar-refractivity contribution in [3.05, 3.63) is 101 Å². The maximum atomic E-state index is 13.0. The summed E-state index contributed by atoms with van der Waals surface area (Å²) in [6, 6.07) is 27.1. The molecule has 0 saturated heterocycles. The van der Waals surface area contributed by atoms with Crippen LogP contribution < -0.4 is 5.43 Å². The van der Waals surface area contributed by atoms with Gasteiger partial charge in [0.25, 0.3) is 5.91 Å². The van der Waals surface area contributed by atoms with E-state index in [0.29, 0.717) is 5.56 Å². The molecule has 1 aromatic heterocycles. The molecule has 0 fully saturated rings. The first-order chi connectivity index (χ1) is 14.1. The molecule has 4 aromatic rings. The van der Waals surface area contributed by atoms with Crippen molar-refractivity contribution in [3.63, 3.8) is 0 Å². The molecular formula is C24H18BrN3O. The van der Waals surface area contributed by atoms with E-state index in [1.54, 1.807) is 0 Å². The molecule has 0 spiro atoms. The van der Waals surface area contributed by atoms with E-state index in [4.69, 9.17) is 4.98 Å². The SMILES string of the molecule is C/C(=N\NC(=O)c1cc(-c2ccccc2)nc2ccccc12)c1cccc(Br)c1. The van der Waals surface area contributed by atoms with E-state index in [-0.39, 0.29) is 5.91 Å². The minimum absolute atomic E-state index is 0.268. The molecule has 0 aliphatic heterocycles. The highest BCUT2D eigenvalue weighted by atomic mass is 79.9. The summed E-state index contributed by atoms with van der Waals surface area (Å²) in [6.45, 7) is 1.86. The fourth-order valence-electron chi connectivity index (χ4n) is 3.09. The van der Waals surface area contributed by atoms with Crippen LogP contribution in [0.5, 0.6) is 0 Å². The van der Waals surface area contributed by atoms with Crippen LogP contribution in [0.4, 0.5) is 0 Å². The lowest BCUT2D eigenvalue weighted by Gasteiger charge is -2.09. The van der Waals surface area contributed by atoms with Crippen LogP contribution in [0.15, 0.2) is 94.5 Å². The summed E-state index contributed by atoms with van der Waals surface area (Å²) in [5, 5.41) is 5.09. The van der Waals surface area contributed by atoms with Gasteiger partial charge in [0.05, 0.1) is 22.5 Å². The Morgan fingerprint density at radius 3 is 2.48 bits per heavy atom. The number of hydrazone groups is 1. The van der Waals surface area contributed by atoms with Gasteiger partial charge in [0, 0.05) is 15.4 Å². The monoisotopic (exact) mass is 443 g/mol. The molecule has 0 radical (unpaired) electrons. The molecule has 1 N–H and O–H groups in total. The zero-order valence-electron chi connectivity index (χ0n) is 15.8. The summed E-state index contributed by atoms with van der Waals surface area (Å²) in [7, 11) is 0. The number of pyridine rings is 1. The molecule has 1 heterocycles. The maximum absolute atomic E-state index is 13.0. The Morgan fingerprint density at radius 2 is 1.69 bits per heavy atom. The minimum atomic E-state index is -0.268. The van der Waals surface area contributed by atoms with Crippen LogP contribution in [0.1, 0.15) is 22.8 Å². The van der Waals surface area contributed by atoms with Gasteiger partial charge in [-0.05, 0) is 36.8 Å². The molecule has 4 rings (SSSR count). The predicted octanol–water partition coefficient (Wildman–Crippen LogP) is 5.82. The number of fused-ring (bicyclic) bond motifs is 1. The average molecular weight is 444 g/mol. The van der Waals surface area contributed by atoms with Crippen LogP contribution >= 0.6 is 15.9 Å². The molecule has 1 amide bonds. The summed E-state index contributed by atoms with van der Waals surface area (Å²) in [5.74, 6) is -0.268. The van der Waals surface area contributed by atoms with E-state index in [9.17, 15) is 4.79 Å². The fraction of sp³-hybridized carbons (Fsp3) is 0.0417. The first kappa shape index (κ1) is 19.0. The molecular weight excluding hydrogens is 426 g/mol. The third-order valence-corrected chi connectivity index (χ3v) is 5.09. The van der Waals surface area contributed by atoms with Crippen molar-refractivity contribution in [2.24, 2.45) is 5.10 Å². The lowest BCUT2D eigenvalue weighted by Crippen LogP contribution is -2.20. The number of hydrogen-bond acceptors (Lipinski definition) is 3. The normalized spacial score (nSPS) is 11.4. The van der Waals surface area contributed by atoms with Crippen LogP contribution in [-0.4, -0.2) is 16.6 Å². The Kier molecular flexibility index (Phi) is 5.49. The topological polar surface area (TPSA) is 54.4 Å². The summed E-state index contributed by atoms with van der Waals surface area (Å²) in [6.07, 6.45) is 0. The van der Waals surface area contributed by atoms with Gasteiger partial charge in [-0.15, -0.1) is 0 Å². The molecule has 29 heavy (non-hydrogen) atoms. The van der Waals surface area contributed by atoms with Crippen molar-refractivity contribution in [1.82, 2.24) is 10.4 Å². The third-order valence-electron chi connectivity index (χ3n) is 4.60. The number of nitrogens with one attached hydrogen (secondary N) is 1. The molecule has 0 unspecified atom stereocenters. The quantitative estimate of drug-likeness (QED) is 0.319. The van der Waals surface area contributed by atoms with Crippen LogP contribution in [0.2, 0.25) is 0 Å². The van der Waals surface area contributed by atoms with E-state index in [1.165, 1.54) is 0 Å². The van der Waals surface area contributed by atoms with Gasteiger partial charge in [-0.2, -0.15) is 5.10 Å². The first-order valence-corrected chi connectivity index (χ1v) is 9.97. The van der Waals surface area contributed by atoms with Crippen molar-refractivity contribution < 1.29 is 4.79 Å². The van der Waals surface area contributed by atoms with Crippen molar-refractivity contribution in [3.8, 4) is 11.3 Å². The number of nitrogens with zero attached hydrogens (tertiary/aromatic N) is 2. The largest absolute Gasteiger partial charge is 0.272 e. The van der Waals surface area contributed by atoms with Gasteiger partial charge < -0.3 is 0 Å². The fourth-order valence-corrected chi connectivity index (χ4v) is 3.49. The Balaban J connectivity index is 1.71. The summed E-state index contributed by atoms with van der Waals surface area (Å²) < 4.78 is 0.962. The Hall–Kier alpha value is -3.31. The van der Waals surface area contributed by atoms with Crippen LogP contribution in [0, 0.1) is 0 Å². The van der Waals surface area contributed by atoms with Crippen molar-refractivity contribution in [2.45, 2.75) is 6.92 Å². The number of benzene rings is 3. The third kappa shape index (κ3) is 4.25. The highest BCUT2D eigenvalue weighted by Gasteiger charge is 2.13. The second-order valence-corrected chi connectivity index (χ2v) is 7.50. The lowest BCUT2D eigenvalue weighted by molar-refractivity contribution is 0.0956. The van der Waals surface area contributed by atoms with E-state index < -0.39 is 0 Å². The highest BCUT2D eigenvalue weighted by molar-refractivity contribution is 9.10. The van der Waals surface area contributed by atoms with E-state index in [0.717, 1.165) is 37.9 Å². The molecule has 3 aromatic carbocycles. The van der Waals surface area contributed by atoms with Crippen LogP contribution in [-0.2, 0) is 0 Å². The van der Waals surface area contributed by atoms with Crippen molar-refractivity contribution in [1.29, 1.82) is 0 Å².